The molecule has 1 aliphatic rings. The minimum Gasteiger partial charge on any atom is -0.444 e. The molecule has 1 N–H and O–H groups in total. The van der Waals surface area contributed by atoms with Gasteiger partial charge < -0.3 is 14.6 Å². The summed E-state index contributed by atoms with van der Waals surface area (Å²) in [7, 11) is 0. The summed E-state index contributed by atoms with van der Waals surface area (Å²) < 4.78 is 5.50. The largest absolute Gasteiger partial charge is 0.444 e. The summed E-state index contributed by atoms with van der Waals surface area (Å²) in [5.41, 5.74) is 0.866. The summed E-state index contributed by atoms with van der Waals surface area (Å²) in [4.78, 5) is 23.3. The highest BCUT2D eigenvalue weighted by Gasteiger charge is 2.35. The van der Waals surface area contributed by atoms with Crippen molar-refractivity contribution in [3.63, 3.8) is 0 Å². The number of aryl methyl sites for hydroxylation is 2. The smallest absolute Gasteiger partial charge is 0.225 e. The minimum atomic E-state index is -0.0471. The van der Waals surface area contributed by atoms with Gasteiger partial charge in [0.25, 0.3) is 0 Å². The Morgan fingerprint density at radius 3 is 2.87 bits per heavy atom. The lowest BCUT2D eigenvalue weighted by Crippen LogP contribution is -2.34. The van der Waals surface area contributed by atoms with E-state index in [1.807, 2.05) is 32.0 Å². The number of amides is 1. The maximum Gasteiger partial charge on any atom is 0.225 e. The minimum absolute atomic E-state index is 0.0458. The predicted molar refractivity (Wildman–Crippen MR) is 86.9 cm³/mol. The molecule has 0 aromatic carbocycles. The number of oxazole rings is 1. The van der Waals surface area contributed by atoms with E-state index in [0.717, 1.165) is 23.8 Å². The Bertz CT molecular complexity index is 664. The van der Waals surface area contributed by atoms with Gasteiger partial charge in [-0.3, -0.25) is 4.79 Å². The van der Waals surface area contributed by atoms with Gasteiger partial charge in [-0.25, -0.2) is 9.97 Å². The number of carbonyl (C=O) groups is 1. The van der Waals surface area contributed by atoms with Gasteiger partial charge in [-0.05, 0) is 31.9 Å². The van der Waals surface area contributed by atoms with Crippen LogP contribution in [0.1, 0.15) is 24.3 Å². The molecule has 1 amide bonds. The van der Waals surface area contributed by atoms with E-state index in [1.165, 1.54) is 0 Å². The summed E-state index contributed by atoms with van der Waals surface area (Å²) in [6.45, 7) is 7.73. The second-order valence-corrected chi connectivity index (χ2v) is 6.14. The zero-order valence-corrected chi connectivity index (χ0v) is 13.7. The zero-order valence-electron chi connectivity index (χ0n) is 13.7. The van der Waals surface area contributed by atoms with Crippen molar-refractivity contribution >= 4 is 11.7 Å². The summed E-state index contributed by atoms with van der Waals surface area (Å²) >= 11 is 0. The second kappa shape index (κ2) is 6.40. The highest BCUT2D eigenvalue weighted by Crippen LogP contribution is 2.26. The third kappa shape index (κ3) is 3.36. The average molecular weight is 314 g/mol. The van der Waals surface area contributed by atoms with Crippen LogP contribution in [0.3, 0.4) is 0 Å². The van der Waals surface area contributed by atoms with E-state index < -0.39 is 0 Å². The van der Waals surface area contributed by atoms with Crippen LogP contribution >= 0.6 is 0 Å². The maximum absolute atomic E-state index is 12.5. The van der Waals surface area contributed by atoms with Gasteiger partial charge >= 0.3 is 0 Å². The lowest BCUT2D eigenvalue weighted by molar-refractivity contribution is -0.125. The van der Waals surface area contributed by atoms with Gasteiger partial charge in [0, 0.05) is 19.3 Å². The van der Waals surface area contributed by atoms with Crippen molar-refractivity contribution in [2.45, 2.75) is 27.3 Å². The van der Waals surface area contributed by atoms with Crippen LogP contribution in [0, 0.1) is 25.7 Å². The van der Waals surface area contributed by atoms with Gasteiger partial charge in [-0.1, -0.05) is 13.0 Å². The molecule has 6 heteroatoms. The molecule has 0 spiro atoms. The maximum atomic E-state index is 12.5. The summed E-state index contributed by atoms with van der Waals surface area (Å²) in [5, 5.41) is 2.94. The molecule has 0 bridgehead atoms. The van der Waals surface area contributed by atoms with Crippen LogP contribution < -0.4 is 10.2 Å². The van der Waals surface area contributed by atoms with E-state index in [4.69, 9.17) is 4.42 Å². The van der Waals surface area contributed by atoms with E-state index in [2.05, 4.69) is 27.1 Å². The Balaban J connectivity index is 1.59. The van der Waals surface area contributed by atoms with E-state index in [-0.39, 0.29) is 17.7 Å². The monoisotopic (exact) mass is 314 g/mol. The van der Waals surface area contributed by atoms with Crippen molar-refractivity contribution in [1.82, 2.24) is 15.3 Å². The molecule has 6 nitrogen and oxygen atoms in total. The molecule has 0 saturated carbocycles. The number of hydrogen-bond donors (Lipinski definition) is 1. The normalized spacial score (nSPS) is 20.7. The van der Waals surface area contributed by atoms with Crippen molar-refractivity contribution < 1.29 is 9.21 Å². The van der Waals surface area contributed by atoms with Crippen molar-refractivity contribution in [3.8, 4) is 0 Å². The van der Waals surface area contributed by atoms with E-state index in [9.17, 15) is 4.79 Å². The van der Waals surface area contributed by atoms with Gasteiger partial charge in [0.1, 0.15) is 11.6 Å². The molecule has 1 saturated heterocycles. The fourth-order valence-corrected chi connectivity index (χ4v) is 2.94. The fourth-order valence-electron chi connectivity index (χ4n) is 2.94. The van der Waals surface area contributed by atoms with E-state index in [1.54, 1.807) is 6.20 Å². The Morgan fingerprint density at radius 2 is 2.22 bits per heavy atom. The number of nitrogens with one attached hydrogen (secondary N) is 1. The first-order valence-electron chi connectivity index (χ1n) is 7.91. The standard InChI is InChI=1S/C17H22N4O2/c1-11-9-21(15-6-4-5-7-18-15)10-14(11)17(22)19-8-16-20-12(2)13(3)23-16/h4-7,11,14H,8-10H2,1-3H3,(H,19,22)/t11-,14-/m1/s1. The van der Waals surface area contributed by atoms with Gasteiger partial charge in [-0.2, -0.15) is 0 Å². The molecule has 1 fully saturated rings. The summed E-state index contributed by atoms with van der Waals surface area (Å²) in [5.74, 6) is 2.56. The van der Waals surface area contributed by atoms with E-state index in [0.29, 0.717) is 19.0 Å². The van der Waals surface area contributed by atoms with Crippen LogP contribution in [-0.4, -0.2) is 29.0 Å². The third-order valence-corrected chi connectivity index (χ3v) is 4.41. The second-order valence-electron chi connectivity index (χ2n) is 6.14. The quantitative estimate of drug-likeness (QED) is 0.935. The number of pyridine rings is 1. The molecule has 2 atom stereocenters. The van der Waals surface area contributed by atoms with Gasteiger partial charge in [-0.15, -0.1) is 0 Å². The first-order chi connectivity index (χ1) is 11.0. The average Bonchev–Trinajstić information content (AvgIpc) is 3.09. The Hall–Kier alpha value is -2.37. The molecule has 23 heavy (non-hydrogen) atoms. The number of nitrogens with zero attached hydrogens (tertiary/aromatic N) is 3. The van der Waals surface area contributed by atoms with Crippen molar-refractivity contribution in [2.75, 3.05) is 18.0 Å². The molecular formula is C17H22N4O2. The highest BCUT2D eigenvalue weighted by atomic mass is 16.4. The van der Waals surface area contributed by atoms with Crippen LogP contribution in [0.4, 0.5) is 5.82 Å². The summed E-state index contributed by atoms with van der Waals surface area (Å²) in [6.07, 6.45) is 1.78. The molecule has 1 aliphatic heterocycles. The number of rotatable bonds is 4. The predicted octanol–water partition coefficient (Wildman–Crippen LogP) is 2.08. The topological polar surface area (TPSA) is 71.3 Å². The number of carbonyl (C=O) groups excluding carboxylic acids is 1. The lowest BCUT2D eigenvalue weighted by Gasteiger charge is -2.16. The highest BCUT2D eigenvalue weighted by molar-refractivity contribution is 5.80. The van der Waals surface area contributed by atoms with Crippen LogP contribution in [0.2, 0.25) is 0 Å². The molecule has 2 aromatic rings. The van der Waals surface area contributed by atoms with Crippen LogP contribution in [-0.2, 0) is 11.3 Å². The number of hydrogen-bond acceptors (Lipinski definition) is 5. The number of anilines is 1. The van der Waals surface area contributed by atoms with Crippen LogP contribution in [0.15, 0.2) is 28.8 Å². The molecule has 0 aliphatic carbocycles. The Kier molecular flexibility index (Phi) is 4.32. The van der Waals surface area contributed by atoms with Crippen molar-refractivity contribution in [1.29, 1.82) is 0 Å². The van der Waals surface area contributed by atoms with Crippen LogP contribution in [0.5, 0.6) is 0 Å². The van der Waals surface area contributed by atoms with Crippen LogP contribution in [0.25, 0.3) is 0 Å². The third-order valence-electron chi connectivity index (χ3n) is 4.41. The molecule has 2 aromatic heterocycles. The SMILES string of the molecule is Cc1nc(CNC(=O)[C@@H]2CN(c3ccccn3)C[C@H]2C)oc1C. The zero-order chi connectivity index (χ0) is 16.4. The molecule has 0 unspecified atom stereocenters. The molecule has 3 heterocycles. The fraction of sp³-hybridized carbons (Fsp3) is 0.471. The van der Waals surface area contributed by atoms with Crippen molar-refractivity contribution in [2.24, 2.45) is 11.8 Å². The molecule has 122 valence electrons. The van der Waals surface area contributed by atoms with E-state index >= 15 is 0 Å². The van der Waals surface area contributed by atoms with Crippen molar-refractivity contribution in [3.05, 3.63) is 41.7 Å². The van der Waals surface area contributed by atoms with Gasteiger partial charge in [0.2, 0.25) is 11.8 Å². The lowest BCUT2D eigenvalue weighted by atomic mass is 9.97. The Morgan fingerprint density at radius 1 is 1.39 bits per heavy atom. The molecular weight excluding hydrogens is 292 g/mol. The number of aromatic nitrogens is 2. The summed E-state index contributed by atoms with van der Waals surface area (Å²) in [6, 6.07) is 5.84. The Labute approximate surface area is 135 Å². The first kappa shape index (κ1) is 15.5. The molecule has 3 rings (SSSR count). The van der Waals surface area contributed by atoms with Gasteiger partial charge in [0.05, 0.1) is 18.2 Å². The first-order valence-corrected chi connectivity index (χ1v) is 7.91. The molecule has 0 radical (unpaired) electrons. The van der Waals surface area contributed by atoms with Gasteiger partial charge in [0.15, 0.2) is 0 Å².